The first-order valence-electron chi connectivity index (χ1n) is 6.93. The second kappa shape index (κ2) is 6.29. The van der Waals surface area contributed by atoms with Crippen molar-refractivity contribution in [3.8, 4) is 11.3 Å². The molecule has 0 radical (unpaired) electrons. The minimum atomic E-state index is -3.27. The Morgan fingerprint density at radius 2 is 2.00 bits per heavy atom. The first-order valence-corrected chi connectivity index (χ1v) is 8.75. The van der Waals surface area contributed by atoms with Crippen LogP contribution in [0.15, 0.2) is 28.8 Å². The van der Waals surface area contributed by atoms with E-state index in [1.54, 1.807) is 0 Å². The summed E-state index contributed by atoms with van der Waals surface area (Å²) in [5, 5.41) is 4.41. The molecule has 1 amide bonds. The normalized spacial score (nSPS) is 17.5. The molecule has 3 rings (SSSR count). The van der Waals surface area contributed by atoms with Gasteiger partial charge in [0.25, 0.3) is 0 Å². The van der Waals surface area contributed by atoms with Crippen LogP contribution in [0.5, 0.6) is 0 Å². The van der Waals surface area contributed by atoms with Crippen molar-refractivity contribution in [3.05, 3.63) is 41.7 Å². The number of carbonyl (C=O) groups excluding carboxylic acids is 1. The second-order valence-corrected chi connectivity index (χ2v) is 7.40. The zero-order valence-corrected chi connectivity index (χ0v) is 13.1. The van der Waals surface area contributed by atoms with Crippen molar-refractivity contribution in [2.75, 3.05) is 24.7 Å². The predicted octanol–water partition coefficient (Wildman–Crippen LogP) is 1.42. The zero-order valence-electron chi connectivity index (χ0n) is 12.2. The first-order chi connectivity index (χ1) is 11.4. The van der Waals surface area contributed by atoms with Gasteiger partial charge >= 0.3 is 5.91 Å². The van der Waals surface area contributed by atoms with Crippen molar-refractivity contribution in [2.45, 2.75) is 0 Å². The van der Waals surface area contributed by atoms with E-state index in [1.807, 2.05) is 0 Å². The van der Waals surface area contributed by atoms with Gasteiger partial charge in [-0.25, -0.2) is 22.3 Å². The van der Waals surface area contributed by atoms with Crippen LogP contribution in [-0.2, 0) is 14.7 Å². The summed E-state index contributed by atoms with van der Waals surface area (Å²) in [5.74, 6) is -2.83. The van der Waals surface area contributed by atoms with Gasteiger partial charge in [0.05, 0.1) is 24.7 Å². The molecule has 0 N–H and O–H groups in total. The Balaban J connectivity index is 1.82. The lowest BCUT2D eigenvalue weighted by atomic mass is 10.1. The van der Waals surface area contributed by atoms with E-state index in [4.69, 9.17) is 9.36 Å². The summed E-state index contributed by atoms with van der Waals surface area (Å²) in [4.78, 5) is 17.4. The van der Waals surface area contributed by atoms with Crippen LogP contribution in [0.3, 0.4) is 0 Å². The van der Waals surface area contributed by atoms with Crippen LogP contribution in [0, 0.1) is 11.6 Å². The molecule has 0 spiro atoms. The molecule has 1 aromatic carbocycles. The van der Waals surface area contributed by atoms with E-state index >= 15 is 0 Å². The highest BCUT2D eigenvalue weighted by atomic mass is 32.2. The van der Waals surface area contributed by atoms with Crippen LogP contribution in [-0.4, -0.2) is 49.2 Å². The summed E-state index contributed by atoms with van der Waals surface area (Å²) in [5.41, 5.74) is -0.213. The number of benzene rings is 1. The number of halogens is 2. The largest absolute Gasteiger partial charge is 0.350 e. The lowest BCUT2D eigenvalue weighted by molar-refractivity contribution is -0.113. The lowest BCUT2D eigenvalue weighted by Gasteiger charge is -2.16. The van der Waals surface area contributed by atoms with E-state index in [0.29, 0.717) is 0 Å². The smallest absolute Gasteiger partial charge is 0.316 e. The summed E-state index contributed by atoms with van der Waals surface area (Å²) in [7, 11) is -3.27. The molecule has 128 valence electrons. The summed E-state index contributed by atoms with van der Waals surface area (Å²) in [6, 6.07) is 3.96. The van der Waals surface area contributed by atoms with Gasteiger partial charge in [-0.15, -0.1) is 0 Å². The van der Waals surface area contributed by atoms with E-state index in [2.05, 4.69) is 5.16 Å². The van der Waals surface area contributed by atoms with Crippen molar-refractivity contribution in [2.24, 2.45) is 0 Å². The van der Waals surface area contributed by atoms with Gasteiger partial charge in [0, 0.05) is 11.6 Å². The fourth-order valence-electron chi connectivity index (χ4n) is 2.14. The molecule has 0 saturated carbocycles. The maximum absolute atomic E-state index is 13.7. The van der Waals surface area contributed by atoms with Gasteiger partial charge in [-0.2, -0.15) is 0 Å². The van der Waals surface area contributed by atoms with Crippen molar-refractivity contribution in [3.63, 3.8) is 0 Å². The predicted molar refractivity (Wildman–Crippen MR) is 77.5 cm³/mol. The molecule has 0 atom stereocenters. The molecule has 1 aliphatic rings. The molecule has 7 nitrogen and oxygen atoms in total. The van der Waals surface area contributed by atoms with E-state index in [1.165, 1.54) is 0 Å². The van der Waals surface area contributed by atoms with E-state index in [9.17, 15) is 22.0 Å². The number of nitrogens with zero attached hydrogens (tertiary/aromatic N) is 2. The quantitative estimate of drug-likeness (QED) is 0.807. The molecule has 24 heavy (non-hydrogen) atoms. The maximum Gasteiger partial charge on any atom is 0.316 e. The van der Waals surface area contributed by atoms with Crippen molar-refractivity contribution in [1.82, 2.24) is 10.2 Å². The molecule has 1 fully saturated rings. The fraction of sp³-hybridized carbons (Fsp3) is 0.286. The monoisotopic (exact) mass is 358 g/mol. The number of amides is 1. The molecular formula is C14H12F2N2O5S. The summed E-state index contributed by atoms with van der Waals surface area (Å²) >= 11 is 0. The molecule has 1 aliphatic heterocycles. The molecule has 2 heterocycles. The molecule has 0 unspecified atom stereocenters. The number of carbonyl (C=O) groups is 1. The molecular weight excluding hydrogens is 346 g/mol. The topological polar surface area (TPSA) is 89.7 Å². The standard InChI is InChI=1S/C14H12F2N2O5S/c15-9-1-2-11(16)10(7-9)12-8-13(23-17-12)14(19)18-3-5-24(20,21)6-4-22-18/h1-2,7-8H,3-6H2. The van der Waals surface area contributed by atoms with Crippen LogP contribution in [0.2, 0.25) is 0 Å². The molecule has 2 aromatic rings. The van der Waals surface area contributed by atoms with Crippen LogP contribution in [0.25, 0.3) is 11.3 Å². The van der Waals surface area contributed by atoms with Crippen LogP contribution < -0.4 is 0 Å². The third kappa shape index (κ3) is 3.44. The molecule has 1 saturated heterocycles. The van der Waals surface area contributed by atoms with Gasteiger partial charge in [0.15, 0.2) is 9.84 Å². The minimum Gasteiger partial charge on any atom is -0.350 e. The first kappa shape index (κ1) is 16.5. The van der Waals surface area contributed by atoms with Crippen molar-refractivity contribution in [1.29, 1.82) is 0 Å². The summed E-state index contributed by atoms with van der Waals surface area (Å²) in [6.45, 7) is -0.320. The number of aromatic nitrogens is 1. The van der Waals surface area contributed by atoms with Crippen LogP contribution in [0.4, 0.5) is 8.78 Å². The summed E-state index contributed by atoms with van der Waals surface area (Å²) < 4.78 is 54.8. The van der Waals surface area contributed by atoms with Gasteiger partial charge in [0.2, 0.25) is 5.76 Å². The van der Waals surface area contributed by atoms with Crippen LogP contribution >= 0.6 is 0 Å². The van der Waals surface area contributed by atoms with Crippen molar-refractivity contribution >= 4 is 15.7 Å². The van der Waals surface area contributed by atoms with Crippen LogP contribution in [0.1, 0.15) is 10.6 Å². The molecule has 10 heteroatoms. The Bertz CT molecular complexity index is 881. The fourth-order valence-corrected chi connectivity index (χ4v) is 3.12. The van der Waals surface area contributed by atoms with Gasteiger partial charge in [-0.3, -0.25) is 9.63 Å². The Hall–Kier alpha value is -2.33. The highest BCUT2D eigenvalue weighted by Crippen LogP contribution is 2.24. The molecule has 1 aromatic heterocycles. The third-order valence-electron chi connectivity index (χ3n) is 3.40. The summed E-state index contributed by atoms with van der Waals surface area (Å²) in [6.07, 6.45) is 0. The maximum atomic E-state index is 13.7. The molecule has 0 aliphatic carbocycles. The van der Waals surface area contributed by atoms with Gasteiger partial charge in [-0.05, 0) is 18.2 Å². The van der Waals surface area contributed by atoms with E-state index in [-0.39, 0.29) is 41.7 Å². The number of sulfone groups is 1. The highest BCUT2D eigenvalue weighted by molar-refractivity contribution is 7.91. The van der Waals surface area contributed by atoms with E-state index < -0.39 is 27.4 Å². The third-order valence-corrected chi connectivity index (χ3v) is 4.99. The average Bonchev–Trinajstić information content (AvgIpc) is 2.94. The van der Waals surface area contributed by atoms with Crippen molar-refractivity contribution < 1.29 is 31.4 Å². The van der Waals surface area contributed by atoms with Gasteiger partial charge in [0.1, 0.15) is 17.3 Å². The number of hydrogen-bond donors (Lipinski definition) is 0. The Kier molecular flexibility index (Phi) is 4.33. The Morgan fingerprint density at radius 3 is 2.79 bits per heavy atom. The number of hydrogen-bond acceptors (Lipinski definition) is 6. The number of rotatable bonds is 2. The Morgan fingerprint density at radius 1 is 1.21 bits per heavy atom. The Labute approximate surface area is 135 Å². The molecule has 0 bridgehead atoms. The van der Waals surface area contributed by atoms with Gasteiger partial charge in [-0.1, -0.05) is 5.16 Å². The SMILES string of the molecule is O=C(c1cc(-c2cc(F)ccc2F)no1)N1CCS(=O)(=O)CCO1. The number of hydroxylamine groups is 2. The zero-order chi connectivity index (χ0) is 17.3. The van der Waals surface area contributed by atoms with E-state index in [0.717, 1.165) is 29.3 Å². The lowest BCUT2D eigenvalue weighted by Crippen LogP contribution is -2.32. The average molecular weight is 358 g/mol. The second-order valence-electron chi connectivity index (χ2n) is 5.09. The highest BCUT2D eigenvalue weighted by Gasteiger charge is 2.27. The minimum absolute atomic E-state index is 0.0576. The van der Waals surface area contributed by atoms with Gasteiger partial charge < -0.3 is 4.52 Å².